The maximum absolute atomic E-state index is 14.3. The minimum absolute atomic E-state index is 0.0688. The Labute approximate surface area is 237 Å². The highest BCUT2D eigenvalue weighted by molar-refractivity contribution is 6.02. The van der Waals surface area contributed by atoms with Crippen LogP contribution < -0.4 is 15.4 Å². The van der Waals surface area contributed by atoms with Crippen molar-refractivity contribution < 1.29 is 29.0 Å². The Balaban J connectivity index is 1.47. The lowest BCUT2D eigenvalue weighted by atomic mass is 9.66. The molecule has 9 nitrogen and oxygen atoms in total. The smallest absolute Gasteiger partial charge is 0.246 e. The van der Waals surface area contributed by atoms with Crippen molar-refractivity contribution in [3.8, 4) is 5.75 Å². The Kier molecular flexibility index (Phi) is 8.17. The van der Waals surface area contributed by atoms with Gasteiger partial charge in [-0.05, 0) is 76.1 Å². The van der Waals surface area contributed by atoms with Crippen molar-refractivity contribution in [1.29, 1.82) is 0 Å². The summed E-state index contributed by atoms with van der Waals surface area (Å²) in [6.45, 7) is 8.18. The van der Waals surface area contributed by atoms with Crippen LogP contribution >= 0.6 is 0 Å². The van der Waals surface area contributed by atoms with Crippen LogP contribution in [-0.4, -0.2) is 70.3 Å². The van der Waals surface area contributed by atoms with Gasteiger partial charge >= 0.3 is 0 Å². The molecule has 220 valence electrons. The lowest BCUT2D eigenvalue weighted by Gasteiger charge is -2.38. The van der Waals surface area contributed by atoms with E-state index in [0.29, 0.717) is 37.3 Å². The second kappa shape index (κ2) is 11.3. The second-order valence-corrected chi connectivity index (χ2v) is 12.7. The summed E-state index contributed by atoms with van der Waals surface area (Å²) >= 11 is 0. The number of nitrogens with one attached hydrogen (secondary N) is 2. The third-order valence-corrected chi connectivity index (χ3v) is 9.48. The van der Waals surface area contributed by atoms with Gasteiger partial charge in [0.05, 0.1) is 36.7 Å². The van der Waals surface area contributed by atoms with Gasteiger partial charge in [0.2, 0.25) is 17.7 Å². The van der Waals surface area contributed by atoms with E-state index in [-0.39, 0.29) is 36.3 Å². The van der Waals surface area contributed by atoms with Crippen LogP contribution in [0.25, 0.3) is 0 Å². The number of benzene rings is 1. The summed E-state index contributed by atoms with van der Waals surface area (Å²) < 4.78 is 12.2. The largest absolute Gasteiger partial charge is 0.494 e. The number of fused-ring (bicyclic) bond motifs is 1. The summed E-state index contributed by atoms with van der Waals surface area (Å²) in [5.41, 5.74) is -1.36. The van der Waals surface area contributed by atoms with Crippen LogP contribution in [0.3, 0.4) is 0 Å². The van der Waals surface area contributed by atoms with Gasteiger partial charge in [0, 0.05) is 11.7 Å². The van der Waals surface area contributed by atoms with E-state index in [0.717, 1.165) is 25.7 Å². The predicted molar refractivity (Wildman–Crippen MR) is 151 cm³/mol. The molecular weight excluding hydrogens is 510 g/mol. The number of carbonyl (C=O) groups excluding carboxylic acids is 3. The monoisotopic (exact) mass is 555 g/mol. The van der Waals surface area contributed by atoms with E-state index >= 15 is 0 Å². The number of aliphatic hydroxyl groups excluding tert-OH is 1. The molecule has 9 heteroatoms. The summed E-state index contributed by atoms with van der Waals surface area (Å²) in [4.78, 5) is 43.9. The fourth-order valence-electron chi connectivity index (χ4n) is 7.83. The Bertz CT molecular complexity index is 1100. The number of hydrogen-bond acceptors (Lipinski definition) is 6. The molecule has 3 heterocycles. The highest BCUT2D eigenvalue weighted by Crippen LogP contribution is 2.63. The van der Waals surface area contributed by atoms with Gasteiger partial charge < -0.3 is 30.1 Å². The highest BCUT2D eigenvalue weighted by atomic mass is 16.5. The number of hydrogen-bond donors (Lipinski definition) is 3. The Morgan fingerprint density at radius 1 is 1.12 bits per heavy atom. The van der Waals surface area contributed by atoms with Gasteiger partial charge in [-0.15, -0.1) is 0 Å². The van der Waals surface area contributed by atoms with Crippen molar-refractivity contribution in [2.75, 3.05) is 18.5 Å². The first-order valence-corrected chi connectivity index (χ1v) is 15.1. The number of anilines is 1. The number of likely N-dealkylation sites (tertiary alicyclic amines) is 1. The molecule has 4 aliphatic rings. The molecule has 3 amide bonds. The van der Waals surface area contributed by atoms with Crippen molar-refractivity contribution in [1.82, 2.24) is 10.2 Å². The topological polar surface area (TPSA) is 117 Å². The lowest BCUT2D eigenvalue weighted by molar-refractivity contribution is -0.149. The molecule has 6 atom stereocenters. The maximum atomic E-state index is 14.3. The van der Waals surface area contributed by atoms with Gasteiger partial charge in [-0.2, -0.15) is 0 Å². The third kappa shape index (κ3) is 5.00. The van der Waals surface area contributed by atoms with Crippen LogP contribution in [0.1, 0.15) is 79.1 Å². The Morgan fingerprint density at radius 2 is 1.82 bits per heavy atom. The van der Waals surface area contributed by atoms with Crippen LogP contribution in [0.15, 0.2) is 24.3 Å². The van der Waals surface area contributed by atoms with E-state index in [4.69, 9.17) is 9.47 Å². The van der Waals surface area contributed by atoms with Gasteiger partial charge in [0.1, 0.15) is 17.4 Å². The molecule has 2 unspecified atom stereocenters. The summed E-state index contributed by atoms with van der Waals surface area (Å²) in [5, 5.41) is 16.7. The molecule has 3 aliphatic heterocycles. The van der Waals surface area contributed by atoms with E-state index < -0.39 is 35.1 Å². The van der Waals surface area contributed by atoms with Crippen molar-refractivity contribution in [3.05, 3.63) is 24.3 Å². The van der Waals surface area contributed by atoms with Gasteiger partial charge in [-0.25, -0.2) is 0 Å². The standard InChI is InChI=1S/C31H45N3O6/c1-5-39-23-13-11-21(12-14-23)32-27(36)24-25-29(38)34(22(18-35)17-19(2)3)26(31(25)16-15-30(24,4)40-31)28(37)33-20-9-7-6-8-10-20/h11-14,19-20,22,24-26,35H,5-10,15-18H2,1-4H3,(H,32,36)(H,33,37)/t22-,24+,25+,26?,30-,31?/m1/s1. The van der Waals surface area contributed by atoms with Crippen molar-refractivity contribution in [3.63, 3.8) is 0 Å². The number of nitrogens with zero attached hydrogens (tertiary/aromatic N) is 1. The molecule has 1 spiro atoms. The van der Waals surface area contributed by atoms with Crippen LogP contribution in [0, 0.1) is 17.8 Å². The Morgan fingerprint density at radius 3 is 2.45 bits per heavy atom. The first kappa shape index (κ1) is 28.9. The number of carbonyl (C=O) groups is 3. The third-order valence-electron chi connectivity index (χ3n) is 9.48. The zero-order chi connectivity index (χ0) is 28.7. The number of aliphatic hydroxyl groups is 1. The zero-order valence-electron chi connectivity index (χ0n) is 24.3. The molecule has 1 aliphatic carbocycles. The van der Waals surface area contributed by atoms with E-state index in [2.05, 4.69) is 10.6 Å². The fraction of sp³-hybridized carbons (Fsp3) is 0.710. The van der Waals surface area contributed by atoms with Crippen LogP contribution in [-0.2, 0) is 19.1 Å². The van der Waals surface area contributed by atoms with Crippen molar-refractivity contribution in [2.24, 2.45) is 17.8 Å². The minimum atomic E-state index is -1.10. The molecule has 3 saturated heterocycles. The maximum Gasteiger partial charge on any atom is 0.246 e. The number of rotatable bonds is 10. The lowest BCUT2D eigenvalue weighted by Crippen LogP contribution is -2.59. The molecule has 3 N–H and O–H groups in total. The van der Waals surface area contributed by atoms with E-state index in [1.165, 1.54) is 6.42 Å². The molecule has 2 bridgehead atoms. The SMILES string of the molecule is CCOc1ccc(NC(=O)[C@@H]2[C@H]3C(=O)N([C@@H](CO)CC(C)C)C(C(=O)NC4CCCCC4)C34CC[C@@]2(C)O4)cc1. The Hall–Kier alpha value is -2.65. The van der Waals surface area contributed by atoms with Crippen molar-refractivity contribution >= 4 is 23.4 Å². The molecule has 1 saturated carbocycles. The molecular formula is C31H45N3O6. The zero-order valence-corrected chi connectivity index (χ0v) is 24.3. The van der Waals surface area contributed by atoms with Crippen LogP contribution in [0.5, 0.6) is 5.75 Å². The number of ether oxygens (including phenoxy) is 2. The fourth-order valence-corrected chi connectivity index (χ4v) is 7.83. The normalized spacial score (nSPS) is 32.3. The van der Waals surface area contributed by atoms with E-state index in [1.807, 2.05) is 27.7 Å². The number of amides is 3. The van der Waals surface area contributed by atoms with Gasteiger partial charge in [0.25, 0.3) is 0 Å². The first-order chi connectivity index (χ1) is 19.1. The highest BCUT2D eigenvalue weighted by Gasteiger charge is 2.78. The van der Waals surface area contributed by atoms with Gasteiger partial charge in [-0.1, -0.05) is 33.1 Å². The first-order valence-electron chi connectivity index (χ1n) is 15.1. The molecule has 1 aromatic carbocycles. The van der Waals surface area contributed by atoms with Crippen molar-refractivity contribution in [2.45, 2.75) is 108 Å². The molecule has 0 aromatic heterocycles. The minimum Gasteiger partial charge on any atom is -0.494 e. The molecule has 4 fully saturated rings. The summed E-state index contributed by atoms with van der Waals surface area (Å²) in [5.74, 6) is -1.41. The quantitative estimate of drug-likeness (QED) is 0.406. The second-order valence-electron chi connectivity index (χ2n) is 12.7. The average Bonchev–Trinajstić information content (AvgIpc) is 3.49. The van der Waals surface area contributed by atoms with E-state index in [1.54, 1.807) is 29.2 Å². The predicted octanol–water partition coefficient (Wildman–Crippen LogP) is 3.64. The molecule has 0 radical (unpaired) electrons. The molecule has 40 heavy (non-hydrogen) atoms. The average molecular weight is 556 g/mol. The molecule has 5 rings (SSSR count). The van der Waals surface area contributed by atoms with E-state index in [9.17, 15) is 19.5 Å². The van der Waals surface area contributed by atoms with Gasteiger partial charge in [0.15, 0.2) is 0 Å². The van der Waals surface area contributed by atoms with Crippen LogP contribution in [0.2, 0.25) is 0 Å². The summed E-state index contributed by atoms with van der Waals surface area (Å²) in [6, 6.07) is 5.81. The summed E-state index contributed by atoms with van der Waals surface area (Å²) in [6.07, 6.45) is 6.80. The van der Waals surface area contributed by atoms with Gasteiger partial charge in [-0.3, -0.25) is 14.4 Å². The van der Waals surface area contributed by atoms with Crippen LogP contribution in [0.4, 0.5) is 5.69 Å². The summed E-state index contributed by atoms with van der Waals surface area (Å²) in [7, 11) is 0. The molecule has 1 aromatic rings.